The van der Waals surface area contributed by atoms with Gasteiger partial charge >= 0.3 is 18.0 Å². The third kappa shape index (κ3) is 7.41. The highest BCUT2D eigenvalue weighted by atomic mass is 16.6. The summed E-state index contributed by atoms with van der Waals surface area (Å²) in [7, 11) is 0. The number of hydrogen-bond donors (Lipinski definition) is 1. The molecular formula is C26H34N2O5. The fourth-order valence-corrected chi connectivity index (χ4v) is 3.49. The van der Waals surface area contributed by atoms with Crippen molar-refractivity contribution in [2.45, 2.75) is 74.0 Å². The first-order chi connectivity index (χ1) is 15.3. The van der Waals surface area contributed by atoms with Crippen molar-refractivity contribution in [3.8, 4) is 11.1 Å². The number of nitrogens with zero attached hydrogens (tertiary/aromatic N) is 1. The van der Waals surface area contributed by atoms with E-state index in [2.05, 4.69) is 19.2 Å². The predicted molar refractivity (Wildman–Crippen MR) is 127 cm³/mol. The Hall–Kier alpha value is -3.22. The molecular weight excluding hydrogens is 420 g/mol. The predicted octanol–water partition coefficient (Wildman–Crippen LogP) is 5.29. The van der Waals surface area contributed by atoms with Crippen LogP contribution in [-0.4, -0.2) is 28.6 Å². The number of nitrogens with one attached hydrogen (secondary N) is 1. The molecule has 1 aromatic carbocycles. The van der Waals surface area contributed by atoms with E-state index in [1.807, 2.05) is 31.2 Å². The SMILES string of the molecule is CC(=O)OC(=O)c1c(C)nc(CC(C)C)c(CNC(=O)OC(C)(C)C)c1-c1ccc(C)cc1. The Morgan fingerprint density at radius 2 is 1.67 bits per heavy atom. The molecule has 0 aliphatic carbocycles. The Kier molecular flexibility index (Phi) is 8.36. The van der Waals surface area contributed by atoms with Gasteiger partial charge in [0.1, 0.15) is 5.60 Å². The van der Waals surface area contributed by atoms with Gasteiger partial charge in [-0.1, -0.05) is 43.7 Å². The van der Waals surface area contributed by atoms with Crippen LogP contribution in [0.1, 0.15) is 74.4 Å². The first-order valence-corrected chi connectivity index (χ1v) is 11.1. The summed E-state index contributed by atoms with van der Waals surface area (Å²) < 4.78 is 10.3. The van der Waals surface area contributed by atoms with Gasteiger partial charge in [0, 0.05) is 30.3 Å². The van der Waals surface area contributed by atoms with Crippen LogP contribution in [0, 0.1) is 19.8 Å². The first-order valence-electron chi connectivity index (χ1n) is 11.1. The summed E-state index contributed by atoms with van der Waals surface area (Å²) in [5.41, 5.74) is 3.93. The Morgan fingerprint density at radius 3 is 2.18 bits per heavy atom. The van der Waals surface area contributed by atoms with E-state index in [0.29, 0.717) is 23.2 Å². The summed E-state index contributed by atoms with van der Waals surface area (Å²) in [4.78, 5) is 41.6. The van der Waals surface area contributed by atoms with E-state index in [-0.39, 0.29) is 18.0 Å². The van der Waals surface area contributed by atoms with Crippen molar-refractivity contribution in [2.75, 3.05) is 0 Å². The summed E-state index contributed by atoms with van der Waals surface area (Å²) in [6.45, 7) is 14.5. The van der Waals surface area contributed by atoms with E-state index >= 15 is 0 Å². The molecule has 0 fully saturated rings. The minimum absolute atomic E-state index is 0.105. The maximum absolute atomic E-state index is 13.0. The quantitative estimate of drug-likeness (QED) is 0.471. The zero-order valence-electron chi connectivity index (χ0n) is 20.8. The summed E-state index contributed by atoms with van der Waals surface area (Å²) in [6.07, 6.45) is 0.0777. The van der Waals surface area contributed by atoms with E-state index in [0.717, 1.165) is 16.8 Å². The van der Waals surface area contributed by atoms with Crippen LogP contribution in [0.4, 0.5) is 4.79 Å². The Labute approximate surface area is 195 Å². The molecule has 1 amide bonds. The van der Waals surface area contributed by atoms with Gasteiger partial charge in [-0.15, -0.1) is 0 Å². The Balaban J connectivity index is 2.72. The number of carbonyl (C=O) groups excluding carboxylic acids is 3. The van der Waals surface area contributed by atoms with Crippen molar-refractivity contribution in [2.24, 2.45) is 5.92 Å². The molecule has 0 saturated heterocycles. The standard InChI is InChI=1S/C26H34N2O5/c1-15(2)13-21-20(14-27-25(31)33-26(6,7)8)23(19-11-9-16(3)10-12-19)22(17(4)28-21)24(30)32-18(5)29/h9-12,15H,13-14H2,1-8H3,(H,27,31). The normalized spacial score (nSPS) is 11.3. The van der Waals surface area contributed by atoms with Gasteiger partial charge in [-0.2, -0.15) is 0 Å². The third-order valence-electron chi connectivity index (χ3n) is 4.76. The molecule has 2 aromatic rings. The molecule has 7 nitrogen and oxygen atoms in total. The van der Waals surface area contributed by atoms with Crippen molar-refractivity contribution < 1.29 is 23.9 Å². The number of aromatic nitrogens is 1. The van der Waals surface area contributed by atoms with Gasteiger partial charge in [-0.3, -0.25) is 9.78 Å². The maximum Gasteiger partial charge on any atom is 0.407 e. The highest BCUT2D eigenvalue weighted by Crippen LogP contribution is 2.33. The van der Waals surface area contributed by atoms with Gasteiger partial charge in [0.05, 0.1) is 11.3 Å². The molecule has 178 valence electrons. The van der Waals surface area contributed by atoms with E-state index in [9.17, 15) is 14.4 Å². The van der Waals surface area contributed by atoms with Crippen LogP contribution in [0.5, 0.6) is 0 Å². The van der Waals surface area contributed by atoms with Crippen LogP contribution in [0.15, 0.2) is 24.3 Å². The first kappa shape index (κ1) is 26.0. The molecule has 2 rings (SSSR count). The molecule has 0 atom stereocenters. The number of esters is 2. The number of rotatable bonds is 6. The number of hydrogen-bond acceptors (Lipinski definition) is 6. The van der Waals surface area contributed by atoms with E-state index in [4.69, 9.17) is 14.5 Å². The molecule has 0 aliphatic heterocycles. The van der Waals surface area contributed by atoms with Crippen LogP contribution in [0.25, 0.3) is 11.1 Å². The molecule has 1 aromatic heterocycles. The van der Waals surface area contributed by atoms with Gasteiger partial charge < -0.3 is 14.8 Å². The van der Waals surface area contributed by atoms with Crippen molar-refractivity contribution in [3.05, 3.63) is 52.3 Å². The Bertz CT molecular complexity index is 1030. The van der Waals surface area contributed by atoms with Gasteiger partial charge in [0.15, 0.2) is 0 Å². The van der Waals surface area contributed by atoms with Crippen LogP contribution < -0.4 is 5.32 Å². The number of aryl methyl sites for hydroxylation is 2. The fraction of sp³-hybridized carbons (Fsp3) is 0.462. The lowest BCUT2D eigenvalue weighted by atomic mass is 9.89. The smallest absolute Gasteiger partial charge is 0.407 e. The number of amides is 1. The van der Waals surface area contributed by atoms with Gasteiger partial charge in [0.2, 0.25) is 0 Å². The monoisotopic (exact) mass is 454 g/mol. The van der Waals surface area contributed by atoms with E-state index in [1.54, 1.807) is 27.7 Å². The lowest BCUT2D eigenvalue weighted by Gasteiger charge is -2.23. The number of pyridine rings is 1. The van der Waals surface area contributed by atoms with Crippen LogP contribution in [-0.2, 0) is 27.2 Å². The average Bonchev–Trinajstić information content (AvgIpc) is 2.64. The lowest BCUT2D eigenvalue weighted by Crippen LogP contribution is -2.33. The van der Waals surface area contributed by atoms with Crippen molar-refractivity contribution in [1.29, 1.82) is 0 Å². The highest BCUT2D eigenvalue weighted by molar-refractivity contribution is 6.03. The largest absolute Gasteiger partial charge is 0.444 e. The minimum atomic E-state index is -0.766. The molecule has 0 spiro atoms. The average molecular weight is 455 g/mol. The van der Waals surface area contributed by atoms with Gasteiger partial charge in [-0.25, -0.2) is 9.59 Å². The molecule has 0 bridgehead atoms. The van der Waals surface area contributed by atoms with Crippen LogP contribution in [0.2, 0.25) is 0 Å². The maximum atomic E-state index is 13.0. The molecule has 0 radical (unpaired) electrons. The van der Waals surface area contributed by atoms with Gasteiger partial charge in [0.25, 0.3) is 0 Å². The van der Waals surface area contributed by atoms with Crippen molar-refractivity contribution >= 4 is 18.0 Å². The molecule has 0 unspecified atom stereocenters. The summed E-state index contributed by atoms with van der Waals surface area (Å²) in [5, 5.41) is 2.80. The topological polar surface area (TPSA) is 94.6 Å². The van der Waals surface area contributed by atoms with Crippen molar-refractivity contribution in [1.82, 2.24) is 10.3 Å². The van der Waals surface area contributed by atoms with E-state index in [1.165, 1.54) is 6.92 Å². The number of carbonyl (C=O) groups is 3. The van der Waals surface area contributed by atoms with E-state index < -0.39 is 23.6 Å². The molecule has 1 heterocycles. The molecule has 7 heteroatoms. The number of ether oxygens (including phenoxy) is 2. The summed E-state index contributed by atoms with van der Waals surface area (Å²) >= 11 is 0. The summed E-state index contributed by atoms with van der Waals surface area (Å²) in [5.74, 6) is -1.18. The van der Waals surface area contributed by atoms with Crippen LogP contribution in [0.3, 0.4) is 0 Å². The highest BCUT2D eigenvalue weighted by Gasteiger charge is 2.27. The lowest BCUT2D eigenvalue weighted by molar-refractivity contribution is -0.135. The second-order valence-electron chi connectivity index (χ2n) is 9.57. The van der Waals surface area contributed by atoms with Crippen LogP contribution >= 0.6 is 0 Å². The zero-order valence-corrected chi connectivity index (χ0v) is 20.8. The minimum Gasteiger partial charge on any atom is -0.444 e. The summed E-state index contributed by atoms with van der Waals surface area (Å²) in [6, 6.07) is 7.70. The second kappa shape index (κ2) is 10.6. The second-order valence-corrected chi connectivity index (χ2v) is 9.57. The van der Waals surface area contributed by atoms with Gasteiger partial charge in [-0.05, 0) is 52.5 Å². The Morgan fingerprint density at radius 1 is 1.06 bits per heavy atom. The molecule has 0 aliphatic rings. The molecule has 33 heavy (non-hydrogen) atoms. The number of benzene rings is 1. The molecule has 1 N–H and O–H groups in total. The fourth-order valence-electron chi connectivity index (χ4n) is 3.49. The van der Waals surface area contributed by atoms with Crippen molar-refractivity contribution in [3.63, 3.8) is 0 Å². The third-order valence-corrected chi connectivity index (χ3v) is 4.76. The zero-order chi connectivity index (χ0) is 24.9. The number of alkyl carbamates (subject to hydrolysis) is 1. The molecule has 0 saturated carbocycles.